The highest BCUT2D eigenvalue weighted by Gasteiger charge is 2.12. The van der Waals surface area contributed by atoms with Crippen LogP contribution in [0.4, 0.5) is 5.69 Å². The highest BCUT2D eigenvalue weighted by atomic mass is 35.5. The number of ether oxygens (including phenoxy) is 1. The number of nitro groups is 1. The summed E-state index contributed by atoms with van der Waals surface area (Å²) >= 11 is 6.06. The van der Waals surface area contributed by atoms with E-state index in [9.17, 15) is 10.1 Å². The summed E-state index contributed by atoms with van der Waals surface area (Å²) in [5, 5.41) is 19.7. The monoisotopic (exact) mass is 297 g/mol. The van der Waals surface area contributed by atoms with Crippen molar-refractivity contribution in [1.29, 1.82) is 5.26 Å². The molecule has 0 aliphatic heterocycles. The lowest BCUT2D eigenvalue weighted by molar-refractivity contribution is -0.384. The molecule has 0 atom stereocenters. The number of benzene rings is 1. The van der Waals surface area contributed by atoms with Gasteiger partial charge in [-0.1, -0.05) is 11.6 Å². The summed E-state index contributed by atoms with van der Waals surface area (Å²) in [4.78, 5) is 12.2. The Morgan fingerprint density at radius 2 is 2.25 bits per heavy atom. The summed E-state index contributed by atoms with van der Waals surface area (Å²) in [5.74, 6) is 0. The standard InChI is InChI=1S/C13H16ClN3O3/c1-20-8-7-16(6-2-5-15)10-11-3-4-12(17(18)19)9-13(11)14/h3-4,9H,2,6-8,10H2,1H3. The van der Waals surface area contributed by atoms with Gasteiger partial charge in [-0.15, -0.1) is 0 Å². The minimum atomic E-state index is -0.478. The van der Waals surface area contributed by atoms with E-state index in [2.05, 4.69) is 6.07 Å². The van der Waals surface area contributed by atoms with E-state index >= 15 is 0 Å². The van der Waals surface area contributed by atoms with Crippen LogP contribution < -0.4 is 0 Å². The quantitative estimate of drug-likeness (QED) is 0.544. The Hall–Kier alpha value is -1.68. The van der Waals surface area contributed by atoms with Crippen molar-refractivity contribution in [2.75, 3.05) is 26.8 Å². The molecule has 0 spiro atoms. The number of nitro benzene ring substituents is 1. The maximum absolute atomic E-state index is 10.7. The minimum absolute atomic E-state index is 0.0285. The first-order chi connectivity index (χ1) is 9.58. The largest absolute Gasteiger partial charge is 0.383 e. The number of nitrogens with zero attached hydrogens (tertiary/aromatic N) is 3. The van der Waals surface area contributed by atoms with Gasteiger partial charge in [0.05, 0.1) is 22.6 Å². The zero-order valence-electron chi connectivity index (χ0n) is 11.2. The highest BCUT2D eigenvalue weighted by Crippen LogP contribution is 2.23. The molecule has 20 heavy (non-hydrogen) atoms. The molecule has 0 aromatic heterocycles. The van der Waals surface area contributed by atoms with Gasteiger partial charge in [-0.3, -0.25) is 15.0 Å². The Kier molecular flexibility index (Phi) is 6.94. The Balaban J connectivity index is 2.76. The molecule has 0 fully saturated rings. The molecule has 1 aromatic rings. The molecule has 0 aliphatic rings. The fraction of sp³-hybridized carbons (Fsp3) is 0.462. The zero-order chi connectivity index (χ0) is 15.0. The van der Waals surface area contributed by atoms with Crippen LogP contribution in [0.5, 0.6) is 0 Å². The van der Waals surface area contributed by atoms with Crippen LogP contribution in [-0.2, 0) is 11.3 Å². The van der Waals surface area contributed by atoms with E-state index in [4.69, 9.17) is 21.6 Å². The van der Waals surface area contributed by atoms with Gasteiger partial charge in [-0.05, 0) is 11.6 Å². The summed E-state index contributed by atoms with van der Waals surface area (Å²) in [7, 11) is 1.61. The van der Waals surface area contributed by atoms with Crippen molar-refractivity contribution in [2.45, 2.75) is 13.0 Å². The first kappa shape index (κ1) is 16.4. The number of non-ortho nitro benzene ring substituents is 1. The minimum Gasteiger partial charge on any atom is -0.383 e. The fourth-order valence-corrected chi connectivity index (χ4v) is 1.95. The average molecular weight is 298 g/mol. The molecule has 0 radical (unpaired) electrons. The topological polar surface area (TPSA) is 79.4 Å². The fourth-order valence-electron chi connectivity index (χ4n) is 1.72. The second kappa shape index (κ2) is 8.48. The van der Waals surface area contributed by atoms with Gasteiger partial charge in [-0.25, -0.2) is 0 Å². The molecule has 7 heteroatoms. The molecule has 0 saturated heterocycles. The molecule has 0 amide bonds. The van der Waals surface area contributed by atoms with E-state index in [1.165, 1.54) is 12.1 Å². The second-order valence-corrected chi connectivity index (χ2v) is 4.62. The molecular weight excluding hydrogens is 282 g/mol. The summed E-state index contributed by atoms with van der Waals surface area (Å²) in [6.45, 7) is 2.36. The second-order valence-electron chi connectivity index (χ2n) is 4.21. The van der Waals surface area contributed by atoms with Crippen molar-refractivity contribution in [2.24, 2.45) is 0 Å². The van der Waals surface area contributed by atoms with Crippen molar-refractivity contribution < 1.29 is 9.66 Å². The third-order valence-electron chi connectivity index (χ3n) is 2.79. The number of nitriles is 1. The SMILES string of the molecule is COCCN(CCC#N)Cc1ccc([N+](=O)[O-])cc1Cl. The lowest BCUT2D eigenvalue weighted by atomic mass is 10.2. The van der Waals surface area contributed by atoms with Crippen LogP contribution in [0.25, 0.3) is 0 Å². The van der Waals surface area contributed by atoms with E-state index < -0.39 is 4.92 Å². The maximum Gasteiger partial charge on any atom is 0.270 e. The summed E-state index contributed by atoms with van der Waals surface area (Å²) in [6, 6.07) is 6.51. The van der Waals surface area contributed by atoms with E-state index in [0.29, 0.717) is 37.7 Å². The lowest BCUT2D eigenvalue weighted by Crippen LogP contribution is -2.28. The Morgan fingerprint density at radius 3 is 2.80 bits per heavy atom. The normalized spacial score (nSPS) is 10.5. The van der Waals surface area contributed by atoms with Crippen LogP contribution in [0.2, 0.25) is 5.02 Å². The van der Waals surface area contributed by atoms with Crippen LogP contribution in [0.15, 0.2) is 18.2 Å². The van der Waals surface area contributed by atoms with Crippen LogP contribution in [0.3, 0.4) is 0 Å². The molecule has 0 unspecified atom stereocenters. The van der Waals surface area contributed by atoms with Gasteiger partial charge < -0.3 is 4.74 Å². The van der Waals surface area contributed by atoms with Crippen LogP contribution >= 0.6 is 11.6 Å². The Labute approximate surface area is 122 Å². The number of halogens is 1. The number of hydrogen-bond acceptors (Lipinski definition) is 5. The molecule has 0 N–H and O–H groups in total. The van der Waals surface area contributed by atoms with Crippen LogP contribution in [0.1, 0.15) is 12.0 Å². The van der Waals surface area contributed by atoms with E-state index in [1.807, 2.05) is 4.90 Å². The van der Waals surface area contributed by atoms with Crippen LogP contribution in [-0.4, -0.2) is 36.6 Å². The average Bonchev–Trinajstić information content (AvgIpc) is 2.43. The third kappa shape index (κ3) is 5.13. The predicted molar refractivity (Wildman–Crippen MR) is 75.5 cm³/mol. The molecule has 1 rings (SSSR count). The summed E-state index contributed by atoms with van der Waals surface area (Å²) in [6.07, 6.45) is 0.411. The summed E-state index contributed by atoms with van der Waals surface area (Å²) in [5.41, 5.74) is 0.769. The van der Waals surface area contributed by atoms with Crippen molar-refractivity contribution in [3.05, 3.63) is 38.9 Å². The Bertz CT molecular complexity index is 502. The molecule has 0 aliphatic carbocycles. The van der Waals surface area contributed by atoms with Gasteiger partial charge in [0.15, 0.2) is 0 Å². The lowest BCUT2D eigenvalue weighted by Gasteiger charge is -2.21. The number of hydrogen-bond donors (Lipinski definition) is 0. The Morgan fingerprint density at radius 1 is 1.50 bits per heavy atom. The van der Waals surface area contributed by atoms with Gasteiger partial charge in [0.1, 0.15) is 0 Å². The first-order valence-electron chi connectivity index (χ1n) is 6.09. The molecule has 1 aromatic carbocycles. The van der Waals surface area contributed by atoms with Gasteiger partial charge in [-0.2, -0.15) is 5.26 Å². The number of methoxy groups -OCH3 is 1. The predicted octanol–water partition coefficient (Wildman–Crippen LogP) is 2.61. The molecule has 0 bridgehead atoms. The van der Waals surface area contributed by atoms with Crippen molar-refractivity contribution in [3.8, 4) is 6.07 Å². The smallest absolute Gasteiger partial charge is 0.270 e. The first-order valence-corrected chi connectivity index (χ1v) is 6.47. The molecule has 0 saturated carbocycles. The number of rotatable bonds is 8. The molecule has 0 heterocycles. The van der Waals surface area contributed by atoms with Crippen molar-refractivity contribution in [3.63, 3.8) is 0 Å². The van der Waals surface area contributed by atoms with Gasteiger partial charge in [0.25, 0.3) is 5.69 Å². The van der Waals surface area contributed by atoms with Gasteiger partial charge in [0, 0.05) is 45.3 Å². The van der Waals surface area contributed by atoms with Crippen molar-refractivity contribution in [1.82, 2.24) is 4.90 Å². The molecular formula is C13H16ClN3O3. The molecule has 6 nitrogen and oxygen atoms in total. The van der Waals surface area contributed by atoms with Crippen molar-refractivity contribution >= 4 is 17.3 Å². The van der Waals surface area contributed by atoms with Gasteiger partial charge in [0.2, 0.25) is 0 Å². The van der Waals surface area contributed by atoms with E-state index in [0.717, 1.165) is 5.56 Å². The molecule has 108 valence electrons. The van der Waals surface area contributed by atoms with E-state index in [-0.39, 0.29) is 5.69 Å². The van der Waals surface area contributed by atoms with Gasteiger partial charge >= 0.3 is 0 Å². The highest BCUT2D eigenvalue weighted by molar-refractivity contribution is 6.31. The van der Waals surface area contributed by atoms with E-state index in [1.54, 1.807) is 13.2 Å². The third-order valence-corrected chi connectivity index (χ3v) is 3.14. The maximum atomic E-state index is 10.7. The van der Waals surface area contributed by atoms with Crippen LogP contribution in [0, 0.1) is 21.4 Å². The summed E-state index contributed by atoms with van der Waals surface area (Å²) < 4.78 is 5.02. The zero-order valence-corrected chi connectivity index (χ0v) is 12.0.